The Labute approximate surface area is 103 Å². The highest BCUT2D eigenvalue weighted by Crippen LogP contribution is 2.34. The number of nitrogens with zero attached hydrogens (tertiary/aromatic N) is 1. The molecule has 1 saturated heterocycles. The summed E-state index contributed by atoms with van der Waals surface area (Å²) in [6.07, 6.45) is 3.53. The molecule has 2 aromatic heterocycles. The lowest BCUT2D eigenvalue weighted by molar-refractivity contribution is 0.575. The van der Waals surface area contributed by atoms with Crippen molar-refractivity contribution in [1.29, 1.82) is 0 Å². The number of aromatic amines is 1. The van der Waals surface area contributed by atoms with Gasteiger partial charge in [-0.3, -0.25) is 0 Å². The van der Waals surface area contributed by atoms with Crippen LogP contribution in [0.4, 0.5) is 4.39 Å². The summed E-state index contributed by atoms with van der Waals surface area (Å²) in [7, 11) is 0. The van der Waals surface area contributed by atoms with E-state index < -0.39 is 5.82 Å². The van der Waals surface area contributed by atoms with Crippen molar-refractivity contribution in [2.24, 2.45) is 5.92 Å². The number of H-pyrrole nitrogens is 1. The standard InChI is InChI=1S/C12H13ClFN3/c1-6-2-15-3-7(6)8-4-16-11-9(8)5-17-12(13)10(11)14/h4-7,15-16H,2-3H2,1H3. The molecular weight excluding hydrogens is 241 g/mol. The second kappa shape index (κ2) is 3.96. The highest BCUT2D eigenvalue weighted by Gasteiger charge is 2.27. The molecule has 0 spiro atoms. The average Bonchev–Trinajstić information content (AvgIpc) is 2.89. The van der Waals surface area contributed by atoms with Gasteiger partial charge in [0.15, 0.2) is 11.0 Å². The molecule has 0 saturated carbocycles. The van der Waals surface area contributed by atoms with Gasteiger partial charge >= 0.3 is 0 Å². The van der Waals surface area contributed by atoms with Gasteiger partial charge in [0.2, 0.25) is 0 Å². The van der Waals surface area contributed by atoms with Gasteiger partial charge in [-0.15, -0.1) is 0 Å². The highest BCUT2D eigenvalue weighted by atomic mass is 35.5. The zero-order chi connectivity index (χ0) is 12.0. The molecule has 2 unspecified atom stereocenters. The van der Waals surface area contributed by atoms with E-state index in [1.165, 1.54) is 0 Å². The van der Waals surface area contributed by atoms with Gasteiger partial charge < -0.3 is 10.3 Å². The Bertz CT molecular complexity index is 566. The zero-order valence-corrected chi connectivity index (χ0v) is 10.2. The summed E-state index contributed by atoms with van der Waals surface area (Å²) < 4.78 is 13.8. The van der Waals surface area contributed by atoms with Crippen LogP contribution in [0.5, 0.6) is 0 Å². The fraction of sp³-hybridized carbons (Fsp3) is 0.417. The van der Waals surface area contributed by atoms with Crippen molar-refractivity contribution in [3.63, 3.8) is 0 Å². The molecule has 1 aliphatic heterocycles. The van der Waals surface area contributed by atoms with E-state index in [0.29, 0.717) is 17.4 Å². The van der Waals surface area contributed by atoms with Gasteiger partial charge in [-0.2, -0.15) is 0 Å². The summed E-state index contributed by atoms with van der Waals surface area (Å²) in [4.78, 5) is 6.85. The van der Waals surface area contributed by atoms with Crippen molar-refractivity contribution in [2.45, 2.75) is 12.8 Å². The monoisotopic (exact) mass is 253 g/mol. The largest absolute Gasteiger partial charge is 0.358 e. The highest BCUT2D eigenvalue weighted by molar-refractivity contribution is 6.30. The first kappa shape index (κ1) is 11.0. The van der Waals surface area contributed by atoms with Crippen LogP contribution >= 0.6 is 11.6 Å². The van der Waals surface area contributed by atoms with Crippen LogP contribution in [0.3, 0.4) is 0 Å². The molecule has 90 valence electrons. The molecule has 2 aromatic rings. The number of aromatic nitrogens is 2. The molecule has 5 heteroatoms. The Hall–Kier alpha value is -1.13. The maximum Gasteiger partial charge on any atom is 0.184 e. The van der Waals surface area contributed by atoms with Crippen LogP contribution < -0.4 is 5.32 Å². The number of fused-ring (bicyclic) bond motifs is 1. The molecule has 3 rings (SSSR count). The summed E-state index contributed by atoms with van der Waals surface area (Å²) in [5, 5.41) is 4.11. The minimum absolute atomic E-state index is 0.0801. The minimum atomic E-state index is -0.464. The second-order valence-electron chi connectivity index (χ2n) is 4.64. The third-order valence-corrected chi connectivity index (χ3v) is 3.84. The van der Waals surface area contributed by atoms with Crippen molar-refractivity contribution >= 4 is 22.5 Å². The van der Waals surface area contributed by atoms with Gasteiger partial charge in [0, 0.05) is 30.2 Å². The predicted molar refractivity (Wildman–Crippen MR) is 65.8 cm³/mol. The fourth-order valence-corrected chi connectivity index (χ4v) is 2.73. The summed E-state index contributed by atoms with van der Waals surface area (Å²) >= 11 is 5.67. The van der Waals surface area contributed by atoms with E-state index in [1.807, 2.05) is 6.20 Å². The van der Waals surface area contributed by atoms with Crippen LogP contribution in [0.25, 0.3) is 10.9 Å². The van der Waals surface area contributed by atoms with E-state index >= 15 is 0 Å². The second-order valence-corrected chi connectivity index (χ2v) is 5.00. The minimum Gasteiger partial charge on any atom is -0.358 e. The van der Waals surface area contributed by atoms with E-state index in [0.717, 1.165) is 24.0 Å². The van der Waals surface area contributed by atoms with Crippen molar-refractivity contribution in [3.8, 4) is 0 Å². The smallest absolute Gasteiger partial charge is 0.184 e. The molecule has 1 aliphatic rings. The van der Waals surface area contributed by atoms with E-state index in [-0.39, 0.29) is 5.15 Å². The first-order valence-electron chi connectivity index (χ1n) is 5.70. The molecule has 0 aromatic carbocycles. The lowest BCUT2D eigenvalue weighted by Crippen LogP contribution is -2.07. The van der Waals surface area contributed by atoms with Gasteiger partial charge in [0.25, 0.3) is 0 Å². The van der Waals surface area contributed by atoms with Gasteiger partial charge in [-0.25, -0.2) is 9.37 Å². The molecule has 0 bridgehead atoms. The summed E-state index contributed by atoms with van der Waals surface area (Å²) in [5.74, 6) is 0.493. The van der Waals surface area contributed by atoms with Gasteiger partial charge in [-0.05, 0) is 18.0 Å². The number of rotatable bonds is 1. The molecule has 3 nitrogen and oxygen atoms in total. The average molecular weight is 254 g/mol. The lowest BCUT2D eigenvalue weighted by atomic mass is 9.90. The SMILES string of the molecule is CC1CNCC1c1c[nH]c2c(F)c(Cl)ncc12. The fourth-order valence-electron chi connectivity index (χ4n) is 2.58. The van der Waals surface area contributed by atoms with Gasteiger partial charge in [-0.1, -0.05) is 18.5 Å². The maximum absolute atomic E-state index is 13.8. The van der Waals surface area contributed by atoms with Crippen molar-refractivity contribution in [1.82, 2.24) is 15.3 Å². The molecule has 17 heavy (non-hydrogen) atoms. The van der Waals surface area contributed by atoms with Gasteiger partial charge in [0.05, 0.1) is 5.52 Å². The quantitative estimate of drug-likeness (QED) is 0.768. The third kappa shape index (κ3) is 1.63. The summed E-state index contributed by atoms with van der Waals surface area (Å²) in [6, 6.07) is 0. The zero-order valence-electron chi connectivity index (χ0n) is 9.43. The Kier molecular flexibility index (Phi) is 2.56. The van der Waals surface area contributed by atoms with Crippen molar-refractivity contribution in [3.05, 3.63) is 28.9 Å². The van der Waals surface area contributed by atoms with E-state index in [9.17, 15) is 4.39 Å². The Morgan fingerprint density at radius 1 is 1.47 bits per heavy atom. The molecule has 3 heterocycles. The number of hydrogen-bond donors (Lipinski definition) is 2. The first-order chi connectivity index (χ1) is 8.18. The lowest BCUT2D eigenvalue weighted by Gasteiger charge is -2.12. The first-order valence-corrected chi connectivity index (χ1v) is 6.08. The van der Waals surface area contributed by atoms with Gasteiger partial charge in [0.1, 0.15) is 0 Å². The van der Waals surface area contributed by atoms with Crippen LogP contribution in [0.15, 0.2) is 12.4 Å². The van der Waals surface area contributed by atoms with E-state index in [2.05, 4.69) is 22.2 Å². The molecule has 0 radical (unpaired) electrons. The van der Waals surface area contributed by atoms with Crippen LogP contribution in [-0.4, -0.2) is 23.1 Å². The Morgan fingerprint density at radius 3 is 3.00 bits per heavy atom. The molecule has 1 fully saturated rings. The van der Waals surface area contributed by atoms with E-state index in [1.54, 1.807) is 6.20 Å². The normalized spacial score (nSPS) is 24.6. The molecule has 0 amide bonds. The molecule has 0 aliphatic carbocycles. The van der Waals surface area contributed by atoms with Crippen LogP contribution in [0, 0.1) is 11.7 Å². The van der Waals surface area contributed by atoms with Crippen LogP contribution in [-0.2, 0) is 0 Å². The summed E-state index contributed by atoms with van der Waals surface area (Å²) in [6.45, 7) is 4.13. The van der Waals surface area contributed by atoms with Crippen molar-refractivity contribution in [2.75, 3.05) is 13.1 Å². The third-order valence-electron chi connectivity index (χ3n) is 3.58. The van der Waals surface area contributed by atoms with Crippen LogP contribution in [0.2, 0.25) is 5.15 Å². The van der Waals surface area contributed by atoms with E-state index in [4.69, 9.17) is 11.6 Å². The number of nitrogens with one attached hydrogen (secondary N) is 2. The number of hydrogen-bond acceptors (Lipinski definition) is 2. The summed E-state index contributed by atoms with van der Waals surface area (Å²) in [5.41, 5.74) is 1.58. The van der Waals surface area contributed by atoms with Crippen molar-refractivity contribution < 1.29 is 4.39 Å². The Morgan fingerprint density at radius 2 is 2.29 bits per heavy atom. The molecule has 2 N–H and O–H groups in total. The van der Waals surface area contributed by atoms with Crippen LogP contribution in [0.1, 0.15) is 18.4 Å². The predicted octanol–water partition coefficient (Wildman–Crippen LogP) is 2.68. The molecule has 2 atom stereocenters. The topological polar surface area (TPSA) is 40.7 Å². The number of halogens is 2. The number of pyridine rings is 1. The Balaban J connectivity index is 2.15. The maximum atomic E-state index is 13.8. The molecular formula is C12H13ClFN3.